The van der Waals surface area contributed by atoms with Crippen molar-refractivity contribution in [2.24, 2.45) is 0 Å². The predicted molar refractivity (Wildman–Crippen MR) is 120 cm³/mol. The van der Waals surface area contributed by atoms with Crippen molar-refractivity contribution in [1.82, 2.24) is 24.4 Å². The zero-order valence-corrected chi connectivity index (χ0v) is 18.6. The summed E-state index contributed by atoms with van der Waals surface area (Å²) in [6.07, 6.45) is 4.56. The smallest absolute Gasteiger partial charge is 0.297 e. The molecule has 0 saturated carbocycles. The van der Waals surface area contributed by atoms with Gasteiger partial charge in [-0.15, -0.1) is 4.73 Å². The maximum Gasteiger partial charge on any atom is 0.297 e. The fraction of sp³-hybridized carbons (Fsp3) is 0.522. The molecule has 1 aliphatic rings. The molecule has 166 valence electrons. The van der Waals surface area contributed by atoms with E-state index < -0.39 is 0 Å². The minimum absolute atomic E-state index is 0.220. The van der Waals surface area contributed by atoms with Crippen LogP contribution >= 0.6 is 0 Å². The van der Waals surface area contributed by atoms with E-state index in [0.29, 0.717) is 23.5 Å². The third kappa shape index (κ3) is 4.80. The molecule has 3 aromatic rings. The fourth-order valence-corrected chi connectivity index (χ4v) is 3.87. The van der Waals surface area contributed by atoms with Crippen molar-refractivity contribution >= 4 is 11.0 Å². The highest BCUT2D eigenvalue weighted by Gasteiger charge is 2.15. The van der Waals surface area contributed by atoms with Gasteiger partial charge in [0, 0.05) is 19.7 Å². The van der Waals surface area contributed by atoms with Crippen molar-refractivity contribution in [3.8, 4) is 5.69 Å². The topological polar surface area (TPSA) is 74.4 Å². The lowest BCUT2D eigenvalue weighted by Gasteiger charge is -2.18. The van der Waals surface area contributed by atoms with Gasteiger partial charge < -0.3 is 14.5 Å². The van der Waals surface area contributed by atoms with E-state index in [-0.39, 0.29) is 5.56 Å². The summed E-state index contributed by atoms with van der Waals surface area (Å²) < 4.78 is 8.51. The molecule has 31 heavy (non-hydrogen) atoms. The summed E-state index contributed by atoms with van der Waals surface area (Å²) in [7, 11) is 0. The zero-order chi connectivity index (χ0) is 21.8. The third-order valence-electron chi connectivity index (χ3n) is 5.86. The van der Waals surface area contributed by atoms with Gasteiger partial charge in [-0.05, 0) is 69.8 Å². The van der Waals surface area contributed by atoms with Gasteiger partial charge in [0.15, 0.2) is 5.65 Å². The number of aryl methyl sites for hydroxylation is 3. The Hall–Kier alpha value is -2.71. The van der Waals surface area contributed by atoms with Crippen molar-refractivity contribution in [3.05, 3.63) is 51.7 Å². The number of rotatable bonds is 7. The summed E-state index contributed by atoms with van der Waals surface area (Å²) in [5.74, 6) is 0.521. The summed E-state index contributed by atoms with van der Waals surface area (Å²) in [4.78, 5) is 25.8. The summed E-state index contributed by atoms with van der Waals surface area (Å²) in [5, 5.41) is 4.87. The summed E-state index contributed by atoms with van der Waals surface area (Å²) in [6, 6.07) is 6.09. The Morgan fingerprint density at radius 2 is 1.97 bits per heavy atom. The lowest BCUT2D eigenvalue weighted by Crippen LogP contribution is -2.31. The highest BCUT2D eigenvalue weighted by atomic mass is 16.7. The van der Waals surface area contributed by atoms with Gasteiger partial charge in [-0.25, -0.2) is 9.67 Å². The second-order valence-corrected chi connectivity index (χ2v) is 8.17. The average Bonchev–Trinajstić information content (AvgIpc) is 2.99. The molecule has 0 bridgehead atoms. The van der Waals surface area contributed by atoms with E-state index in [1.165, 1.54) is 15.9 Å². The molecular weight excluding hydrogens is 394 g/mol. The number of unbranched alkanes of at least 4 members (excludes halogenated alkanes) is 1. The van der Waals surface area contributed by atoms with Gasteiger partial charge in [-0.3, -0.25) is 4.79 Å². The number of benzene rings is 1. The van der Waals surface area contributed by atoms with E-state index in [1.807, 2.05) is 12.1 Å². The summed E-state index contributed by atoms with van der Waals surface area (Å²) >= 11 is 0. The molecule has 1 fully saturated rings. The Morgan fingerprint density at radius 1 is 1.10 bits per heavy atom. The van der Waals surface area contributed by atoms with Crippen molar-refractivity contribution in [3.63, 3.8) is 0 Å². The van der Waals surface area contributed by atoms with Crippen LogP contribution in [0.3, 0.4) is 0 Å². The number of hydrogen-bond acceptors (Lipinski definition) is 6. The second kappa shape index (κ2) is 9.62. The van der Waals surface area contributed by atoms with E-state index in [9.17, 15) is 4.79 Å². The van der Waals surface area contributed by atoms with Crippen molar-refractivity contribution < 1.29 is 9.57 Å². The first-order valence-corrected chi connectivity index (χ1v) is 11.0. The number of ether oxygens (including phenoxy) is 1. The Balaban J connectivity index is 1.43. The molecule has 0 unspecified atom stereocenters. The van der Waals surface area contributed by atoms with Crippen LogP contribution in [0.5, 0.6) is 0 Å². The number of hydrogen-bond donors (Lipinski definition) is 0. The average molecular weight is 426 g/mol. The largest absolute Gasteiger partial charge is 0.409 e. The Labute approximate surface area is 182 Å². The lowest BCUT2D eigenvalue weighted by atomic mass is 10.1. The van der Waals surface area contributed by atoms with Crippen LogP contribution in [0.1, 0.15) is 36.2 Å². The van der Waals surface area contributed by atoms with Crippen LogP contribution in [-0.2, 0) is 4.74 Å². The van der Waals surface area contributed by atoms with Crippen LogP contribution in [0.25, 0.3) is 16.7 Å². The lowest BCUT2D eigenvalue weighted by molar-refractivity contribution is 0.0900. The normalized spacial score (nSPS) is 15.3. The van der Waals surface area contributed by atoms with Gasteiger partial charge in [-0.2, -0.15) is 5.10 Å². The molecule has 1 aromatic carbocycles. The van der Waals surface area contributed by atoms with Crippen molar-refractivity contribution in [2.45, 2.75) is 40.0 Å². The SMILES string of the molecule is Cc1ccc(-n2ncc3c(=O)n(OCCCCN4CCCOCC4)c(C)nc32)cc1C. The standard InChI is InChI=1S/C23H31N5O3/c1-17-7-8-20(15-18(17)2)27-22-21(16-24-27)23(29)28(19(3)25-22)31-13-5-4-9-26-10-6-12-30-14-11-26/h7-8,15-16H,4-6,9-14H2,1-3H3. The van der Waals surface area contributed by atoms with E-state index >= 15 is 0 Å². The quantitative estimate of drug-likeness (QED) is 0.542. The molecule has 0 radical (unpaired) electrons. The molecule has 3 heterocycles. The predicted octanol–water partition coefficient (Wildman–Crippen LogP) is 2.44. The minimum atomic E-state index is -0.220. The first-order chi connectivity index (χ1) is 15.0. The maximum atomic E-state index is 13.0. The summed E-state index contributed by atoms with van der Waals surface area (Å²) in [6.45, 7) is 11.2. The number of nitrogens with zero attached hydrogens (tertiary/aromatic N) is 5. The molecule has 4 rings (SSSR count). The molecule has 1 saturated heterocycles. The molecule has 0 spiro atoms. The molecule has 8 nitrogen and oxygen atoms in total. The van der Waals surface area contributed by atoms with Crippen LogP contribution < -0.4 is 10.4 Å². The molecule has 0 amide bonds. The van der Waals surface area contributed by atoms with Crippen molar-refractivity contribution in [2.75, 3.05) is 39.5 Å². The first kappa shape index (κ1) is 21.5. The maximum absolute atomic E-state index is 13.0. The third-order valence-corrected chi connectivity index (χ3v) is 5.86. The van der Waals surface area contributed by atoms with Gasteiger partial charge in [0.05, 0.1) is 18.5 Å². The van der Waals surface area contributed by atoms with Crippen molar-refractivity contribution in [1.29, 1.82) is 0 Å². The Morgan fingerprint density at radius 3 is 2.81 bits per heavy atom. The van der Waals surface area contributed by atoms with Gasteiger partial charge >= 0.3 is 0 Å². The van der Waals surface area contributed by atoms with Crippen LogP contribution in [0.4, 0.5) is 0 Å². The summed E-state index contributed by atoms with van der Waals surface area (Å²) in [5.41, 5.74) is 3.60. The highest BCUT2D eigenvalue weighted by Crippen LogP contribution is 2.17. The molecule has 8 heteroatoms. The molecule has 0 aliphatic carbocycles. The molecular formula is C23H31N5O3. The van der Waals surface area contributed by atoms with Gasteiger partial charge in [0.25, 0.3) is 5.56 Å². The first-order valence-electron chi connectivity index (χ1n) is 11.0. The highest BCUT2D eigenvalue weighted by molar-refractivity contribution is 5.75. The molecule has 2 aromatic heterocycles. The van der Waals surface area contributed by atoms with E-state index in [1.54, 1.807) is 17.8 Å². The fourth-order valence-electron chi connectivity index (χ4n) is 3.87. The second-order valence-electron chi connectivity index (χ2n) is 8.17. The molecule has 0 N–H and O–H groups in total. The van der Waals surface area contributed by atoms with Gasteiger partial charge in [-0.1, -0.05) is 6.07 Å². The number of fused-ring (bicyclic) bond motifs is 1. The Bertz CT molecular complexity index is 1100. The van der Waals surface area contributed by atoms with Gasteiger partial charge in [0.1, 0.15) is 17.8 Å². The van der Waals surface area contributed by atoms with Crippen LogP contribution in [0.2, 0.25) is 0 Å². The zero-order valence-electron chi connectivity index (χ0n) is 18.6. The molecule has 1 aliphatic heterocycles. The Kier molecular flexibility index (Phi) is 6.67. The van der Waals surface area contributed by atoms with Gasteiger partial charge in [0.2, 0.25) is 0 Å². The minimum Gasteiger partial charge on any atom is -0.409 e. The van der Waals surface area contributed by atoms with E-state index in [0.717, 1.165) is 57.8 Å². The molecule has 0 atom stereocenters. The van der Waals surface area contributed by atoms with Crippen LogP contribution in [-0.4, -0.2) is 63.8 Å². The van der Waals surface area contributed by atoms with Crippen LogP contribution in [0.15, 0.2) is 29.2 Å². The van der Waals surface area contributed by atoms with Crippen LogP contribution in [0, 0.1) is 20.8 Å². The number of aromatic nitrogens is 4. The van der Waals surface area contributed by atoms with E-state index in [2.05, 4.69) is 34.9 Å². The monoisotopic (exact) mass is 425 g/mol. The van der Waals surface area contributed by atoms with E-state index in [4.69, 9.17) is 9.57 Å².